The highest BCUT2D eigenvalue weighted by Gasteiger charge is 2.12. The van der Waals surface area contributed by atoms with Crippen LogP contribution in [0.15, 0.2) is 17.5 Å². The van der Waals surface area contributed by atoms with E-state index in [0.717, 1.165) is 10.2 Å². The van der Waals surface area contributed by atoms with Crippen LogP contribution in [0.2, 0.25) is 0 Å². The van der Waals surface area contributed by atoms with E-state index in [2.05, 4.69) is 5.32 Å². The molecule has 2 aromatic heterocycles. The van der Waals surface area contributed by atoms with Crippen LogP contribution in [-0.2, 0) is 7.05 Å². The van der Waals surface area contributed by atoms with E-state index in [1.807, 2.05) is 29.1 Å². The Hall–Kier alpha value is -1.33. The molecule has 0 bridgehead atoms. The normalized spacial score (nSPS) is 10.8. The number of hydrogen-bond donors (Lipinski definition) is 2. The fourth-order valence-corrected chi connectivity index (χ4v) is 2.38. The molecule has 1 amide bonds. The minimum absolute atomic E-state index is 0.0372. The summed E-state index contributed by atoms with van der Waals surface area (Å²) in [7, 11) is 1.86. The second-order valence-electron chi connectivity index (χ2n) is 3.24. The number of hydrogen-bond acceptors (Lipinski definition) is 3. The predicted molar refractivity (Wildman–Crippen MR) is 60.2 cm³/mol. The number of thiophene rings is 1. The highest BCUT2D eigenvalue weighted by Crippen LogP contribution is 2.23. The third-order valence-electron chi connectivity index (χ3n) is 2.29. The van der Waals surface area contributed by atoms with Crippen molar-refractivity contribution in [3.63, 3.8) is 0 Å². The molecule has 0 aliphatic rings. The molecule has 5 heteroatoms. The number of nitrogens with one attached hydrogen (secondary N) is 1. The second-order valence-corrected chi connectivity index (χ2v) is 4.19. The first-order valence-electron chi connectivity index (χ1n) is 4.66. The van der Waals surface area contributed by atoms with Crippen molar-refractivity contribution in [3.8, 4) is 0 Å². The van der Waals surface area contributed by atoms with Gasteiger partial charge in [-0.05, 0) is 17.5 Å². The van der Waals surface area contributed by atoms with Gasteiger partial charge in [0.1, 0.15) is 5.69 Å². The molecule has 0 radical (unpaired) electrons. The molecule has 0 atom stereocenters. The third-order valence-corrected chi connectivity index (χ3v) is 3.15. The van der Waals surface area contributed by atoms with Crippen molar-refractivity contribution in [2.75, 3.05) is 13.2 Å². The van der Waals surface area contributed by atoms with Crippen molar-refractivity contribution in [2.24, 2.45) is 7.05 Å². The minimum Gasteiger partial charge on any atom is -0.395 e. The first-order valence-corrected chi connectivity index (χ1v) is 5.54. The number of aliphatic hydroxyl groups excluding tert-OH is 1. The molecule has 15 heavy (non-hydrogen) atoms. The molecule has 2 aromatic rings. The van der Waals surface area contributed by atoms with Gasteiger partial charge in [-0.2, -0.15) is 0 Å². The molecular formula is C10H12N2O2S. The van der Waals surface area contributed by atoms with Crippen LogP contribution in [0.25, 0.3) is 10.2 Å². The van der Waals surface area contributed by atoms with Gasteiger partial charge in [0.2, 0.25) is 0 Å². The van der Waals surface area contributed by atoms with Gasteiger partial charge in [0, 0.05) is 13.6 Å². The smallest absolute Gasteiger partial charge is 0.268 e. The summed E-state index contributed by atoms with van der Waals surface area (Å²) in [5.41, 5.74) is 1.69. The summed E-state index contributed by atoms with van der Waals surface area (Å²) < 4.78 is 2.96. The monoisotopic (exact) mass is 224 g/mol. The number of rotatable bonds is 3. The highest BCUT2D eigenvalue weighted by atomic mass is 32.1. The Morgan fingerprint density at radius 2 is 2.47 bits per heavy atom. The van der Waals surface area contributed by atoms with E-state index in [-0.39, 0.29) is 19.1 Å². The molecule has 0 saturated carbocycles. The van der Waals surface area contributed by atoms with Gasteiger partial charge in [-0.1, -0.05) is 0 Å². The Kier molecular flexibility index (Phi) is 2.75. The molecule has 0 saturated heterocycles. The lowest BCUT2D eigenvalue weighted by Gasteiger charge is -2.04. The van der Waals surface area contributed by atoms with Gasteiger partial charge in [-0.25, -0.2) is 0 Å². The average molecular weight is 224 g/mol. The van der Waals surface area contributed by atoms with Crippen molar-refractivity contribution in [1.82, 2.24) is 9.88 Å². The Bertz CT molecular complexity index is 487. The maximum Gasteiger partial charge on any atom is 0.268 e. The van der Waals surface area contributed by atoms with E-state index < -0.39 is 0 Å². The van der Waals surface area contributed by atoms with Crippen molar-refractivity contribution in [1.29, 1.82) is 0 Å². The number of aromatic nitrogens is 1. The SMILES string of the molecule is Cn1c(C(=O)NCCO)cc2sccc21. The van der Waals surface area contributed by atoms with E-state index in [9.17, 15) is 4.79 Å². The number of amides is 1. The number of nitrogens with zero attached hydrogens (tertiary/aromatic N) is 1. The Labute approximate surface area is 91.1 Å². The Balaban J connectivity index is 2.31. The van der Waals surface area contributed by atoms with Crippen LogP contribution in [0.5, 0.6) is 0 Å². The van der Waals surface area contributed by atoms with Crippen LogP contribution < -0.4 is 5.32 Å². The molecular weight excluding hydrogens is 212 g/mol. The largest absolute Gasteiger partial charge is 0.395 e. The van der Waals surface area contributed by atoms with E-state index in [4.69, 9.17) is 5.11 Å². The molecule has 0 aromatic carbocycles. The zero-order valence-corrected chi connectivity index (χ0v) is 9.17. The summed E-state index contributed by atoms with van der Waals surface area (Å²) in [6.07, 6.45) is 0. The van der Waals surface area contributed by atoms with Crippen molar-refractivity contribution >= 4 is 27.5 Å². The van der Waals surface area contributed by atoms with Crippen LogP contribution in [0.4, 0.5) is 0 Å². The lowest BCUT2D eigenvalue weighted by molar-refractivity contribution is 0.0937. The van der Waals surface area contributed by atoms with Crippen LogP contribution in [0.3, 0.4) is 0 Å². The van der Waals surface area contributed by atoms with E-state index in [0.29, 0.717) is 5.69 Å². The number of aliphatic hydroxyl groups is 1. The van der Waals surface area contributed by atoms with E-state index in [1.165, 1.54) is 0 Å². The fraction of sp³-hybridized carbons (Fsp3) is 0.300. The van der Waals surface area contributed by atoms with Crippen molar-refractivity contribution in [2.45, 2.75) is 0 Å². The standard InChI is InChI=1S/C10H12N2O2S/c1-12-7-2-5-15-9(7)6-8(12)10(14)11-3-4-13/h2,5-6,13H,3-4H2,1H3,(H,11,14). The first kappa shape index (κ1) is 10.2. The van der Waals surface area contributed by atoms with Crippen LogP contribution in [-0.4, -0.2) is 28.7 Å². The average Bonchev–Trinajstić information content (AvgIpc) is 2.78. The lowest BCUT2D eigenvalue weighted by atomic mass is 10.4. The molecule has 80 valence electrons. The van der Waals surface area contributed by atoms with Gasteiger partial charge >= 0.3 is 0 Å². The fourth-order valence-electron chi connectivity index (χ4n) is 1.53. The summed E-state index contributed by atoms with van der Waals surface area (Å²) in [5.74, 6) is -0.144. The van der Waals surface area contributed by atoms with E-state index in [1.54, 1.807) is 11.3 Å². The van der Waals surface area contributed by atoms with Crippen LogP contribution in [0, 0.1) is 0 Å². The van der Waals surface area contributed by atoms with Gasteiger partial charge in [0.25, 0.3) is 5.91 Å². The van der Waals surface area contributed by atoms with Crippen LogP contribution in [0.1, 0.15) is 10.5 Å². The minimum atomic E-state index is -0.144. The maximum absolute atomic E-state index is 11.7. The molecule has 0 aliphatic carbocycles. The van der Waals surface area contributed by atoms with Crippen molar-refractivity contribution < 1.29 is 9.90 Å². The molecule has 0 fully saturated rings. The molecule has 2 heterocycles. The number of aryl methyl sites for hydroxylation is 1. The van der Waals surface area contributed by atoms with Gasteiger partial charge in [0.15, 0.2) is 0 Å². The lowest BCUT2D eigenvalue weighted by Crippen LogP contribution is -2.27. The number of fused-ring (bicyclic) bond motifs is 1. The molecule has 2 N–H and O–H groups in total. The van der Waals surface area contributed by atoms with Crippen LogP contribution >= 0.6 is 11.3 Å². The molecule has 2 rings (SSSR count). The highest BCUT2D eigenvalue weighted by molar-refractivity contribution is 7.17. The first-order chi connectivity index (χ1) is 7.24. The Morgan fingerprint density at radius 1 is 1.67 bits per heavy atom. The van der Waals surface area contributed by atoms with Gasteiger partial charge < -0.3 is 15.0 Å². The Morgan fingerprint density at radius 3 is 3.13 bits per heavy atom. The summed E-state index contributed by atoms with van der Waals surface area (Å²) in [6.45, 7) is 0.252. The molecule has 0 aliphatic heterocycles. The van der Waals surface area contributed by atoms with Gasteiger partial charge in [0.05, 0.1) is 16.8 Å². The number of carbonyl (C=O) groups is 1. The quantitative estimate of drug-likeness (QED) is 0.816. The molecule has 4 nitrogen and oxygen atoms in total. The summed E-state index contributed by atoms with van der Waals surface area (Å²) in [4.78, 5) is 11.7. The van der Waals surface area contributed by atoms with Gasteiger partial charge in [-0.3, -0.25) is 4.79 Å². The predicted octanol–water partition coefficient (Wildman–Crippen LogP) is 0.962. The molecule has 0 spiro atoms. The topological polar surface area (TPSA) is 54.3 Å². The molecule has 0 unspecified atom stereocenters. The van der Waals surface area contributed by atoms with Crippen molar-refractivity contribution in [3.05, 3.63) is 23.2 Å². The number of carbonyl (C=O) groups excluding carboxylic acids is 1. The third kappa shape index (κ3) is 1.75. The van der Waals surface area contributed by atoms with Gasteiger partial charge in [-0.15, -0.1) is 11.3 Å². The zero-order valence-electron chi connectivity index (χ0n) is 8.36. The summed E-state index contributed by atoms with van der Waals surface area (Å²) in [6, 6.07) is 3.86. The summed E-state index contributed by atoms with van der Waals surface area (Å²) in [5, 5.41) is 13.2. The zero-order chi connectivity index (χ0) is 10.8. The van der Waals surface area contributed by atoms with E-state index >= 15 is 0 Å². The summed E-state index contributed by atoms with van der Waals surface area (Å²) >= 11 is 1.61. The second kappa shape index (κ2) is 4.04. The maximum atomic E-state index is 11.7.